The Balaban J connectivity index is 1.81. The van der Waals surface area contributed by atoms with Gasteiger partial charge in [-0.25, -0.2) is 26.5 Å². The number of anilines is 1. The second-order valence-electron chi connectivity index (χ2n) is 10.7. The van der Waals surface area contributed by atoms with E-state index < -0.39 is 20.0 Å². The topological polar surface area (TPSA) is 121 Å². The monoisotopic (exact) mass is 594 g/mol. The summed E-state index contributed by atoms with van der Waals surface area (Å²) in [4.78, 5) is 7.47. The Morgan fingerprint density at radius 2 is 1.62 bits per heavy atom. The van der Waals surface area contributed by atoms with Crippen molar-refractivity contribution in [3.8, 4) is 0 Å². The zero-order valence-corrected chi connectivity index (χ0v) is 25.4. The van der Waals surface area contributed by atoms with E-state index in [1.165, 1.54) is 30.3 Å². The molecule has 3 aromatic rings. The standard InChI is InChI=1S/C28H39ClN4O4S2/c1-5-6-7-8-10-21-12-17-24(33-38(34,35)23-15-13-22(29)14-16-23)26(19-21)39(36,37)32-18-9-11-25-27(28(2,3)4)31-20-30-25/h12-17,19-20,32-33H,5-11,18H2,1-4H3,(H,30,31). The molecule has 11 heteroatoms. The maximum Gasteiger partial charge on any atom is 0.261 e. The van der Waals surface area contributed by atoms with Crippen LogP contribution in [0, 0.1) is 0 Å². The summed E-state index contributed by atoms with van der Waals surface area (Å²) in [5.74, 6) is 0. The Bertz CT molecular complexity index is 1450. The van der Waals surface area contributed by atoms with Gasteiger partial charge in [0.2, 0.25) is 10.0 Å². The Morgan fingerprint density at radius 3 is 2.28 bits per heavy atom. The van der Waals surface area contributed by atoms with E-state index >= 15 is 0 Å². The molecule has 2 aromatic carbocycles. The van der Waals surface area contributed by atoms with Crippen LogP contribution in [0.25, 0.3) is 0 Å². The highest BCUT2D eigenvalue weighted by molar-refractivity contribution is 7.93. The van der Waals surface area contributed by atoms with E-state index in [9.17, 15) is 16.8 Å². The first kappa shape index (κ1) is 31.1. The summed E-state index contributed by atoms with van der Waals surface area (Å²) in [5, 5.41) is 0.401. The summed E-state index contributed by atoms with van der Waals surface area (Å²) in [6, 6.07) is 10.6. The number of benzene rings is 2. The number of nitrogens with one attached hydrogen (secondary N) is 3. The predicted octanol–water partition coefficient (Wildman–Crippen LogP) is 6.20. The molecule has 0 spiro atoms. The van der Waals surface area contributed by atoms with Crippen molar-refractivity contribution in [2.75, 3.05) is 11.3 Å². The van der Waals surface area contributed by atoms with E-state index in [1.807, 2.05) is 0 Å². The van der Waals surface area contributed by atoms with Gasteiger partial charge in [0.15, 0.2) is 0 Å². The number of hydrogen-bond acceptors (Lipinski definition) is 5. The molecular weight excluding hydrogens is 556 g/mol. The third-order valence-corrected chi connectivity index (χ3v) is 9.51. The fraction of sp³-hybridized carbons (Fsp3) is 0.464. The summed E-state index contributed by atoms with van der Waals surface area (Å²) in [6.07, 6.45) is 7.69. The van der Waals surface area contributed by atoms with Crippen LogP contribution in [0.4, 0.5) is 5.69 Å². The van der Waals surface area contributed by atoms with Crippen LogP contribution in [0.15, 0.2) is 58.6 Å². The maximum absolute atomic E-state index is 13.5. The van der Waals surface area contributed by atoms with Crippen LogP contribution in [0.5, 0.6) is 0 Å². The second kappa shape index (κ2) is 13.3. The van der Waals surface area contributed by atoms with Crippen molar-refractivity contribution in [1.82, 2.24) is 14.7 Å². The molecule has 0 radical (unpaired) electrons. The molecule has 0 unspecified atom stereocenters. The van der Waals surface area contributed by atoms with Gasteiger partial charge in [-0.3, -0.25) is 4.72 Å². The average molecular weight is 595 g/mol. The summed E-state index contributed by atoms with van der Waals surface area (Å²) in [5.41, 5.74) is 2.68. The van der Waals surface area contributed by atoms with E-state index in [4.69, 9.17) is 11.6 Å². The molecule has 0 aliphatic rings. The van der Waals surface area contributed by atoms with Crippen LogP contribution >= 0.6 is 11.6 Å². The van der Waals surface area contributed by atoms with Crippen molar-refractivity contribution in [3.05, 3.63) is 70.8 Å². The van der Waals surface area contributed by atoms with Gasteiger partial charge in [0.05, 0.1) is 22.6 Å². The van der Waals surface area contributed by atoms with Crippen LogP contribution in [-0.4, -0.2) is 33.3 Å². The van der Waals surface area contributed by atoms with Crippen molar-refractivity contribution in [1.29, 1.82) is 0 Å². The minimum absolute atomic E-state index is 0.00271. The summed E-state index contributed by atoms with van der Waals surface area (Å²) in [7, 11) is -8.05. The normalized spacial score (nSPS) is 12.5. The number of unbranched alkanes of at least 4 members (excludes halogenated alkanes) is 3. The highest BCUT2D eigenvalue weighted by Gasteiger charge is 2.24. The van der Waals surface area contributed by atoms with E-state index in [1.54, 1.807) is 18.5 Å². The lowest BCUT2D eigenvalue weighted by Gasteiger charge is -2.18. The quantitative estimate of drug-likeness (QED) is 0.192. The number of H-pyrrole nitrogens is 1. The third kappa shape index (κ3) is 8.79. The largest absolute Gasteiger partial charge is 0.348 e. The molecule has 0 aliphatic carbocycles. The SMILES string of the molecule is CCCCCCc1ccc(NS(=O)(=O)c2ccc(Cl)cc2)c(S(=O)(=O)NCCCc2nc[nH]c2C(C)(C)C)c1. The van der Waals surface area contributed by atoms with Crippen LogP contribution < -0.4 is 9.44 Å². The fourth-order valence-corrected chi connectivity index (χ4v) is 6.86. The van der Waals surface area contributed by atoms with Crippen molar-refractivity contribution < 1.29 is 16.8 Å². The number of aryl methyl sites for hydroxylation is 2. The smallest absolute Gasteiger partial charge is 0.261 e. The van der Waals surface area contributed by atoms with Crippen molar-refractivity contribution in [2.45, 2.75) is 87.8 Å². The van der Waals surface area contributed by atoms with Gasteiger partial charge in [0.25, 0.3) is 10.0 Å². The molecule has 0 saturated heterocycles. The molecule has 8 nitrogen and oxygen atoms in total. The van der Waals surface area contributed by atoms with Gasteiger partial charge >= 0.3 is 0 Å². The molecule has 1 heterocycles. The van der Waals surface area contributed by atoms with Crippen molar-refractivity contribution in [2.24, 2.45) is 0 Å². The zero-order chi connectivity index (χ0) is 28.7. The van der Waals surface area contributed by atoms with Gasteiger partial charge in [-0.15, -0.1) is 0 Å². The number of imidazole rings is 1. The van der Waals surface area contributed by atoms with Gasteiger partial charge in [0, 0.05) is 22.7 Å². The van der Waals surface area contributed by atoms with E-state index in [-0.39, 0.29) is 27.4 Å². The molecule has 3 rings (SSSR count). The third-order valence-electron chi connectivity index (χ3n) is 6.37. The minimum atomic E-state index is -4.04. The van der Waals surface area contributed by atoms with Gasteiger partial charge in [-0.05, 0) is 67.6 Å². The molecule has 0 aliphatic heterocycles. The van der Waals surface area contributed by atoms with Gasteiger partial charge in [0.1, 0.15) is 4.90 Å². The summed E-state index contributed by atoms with van der Waals surface area (Å²) in [6.45, 7) is 8.59. The molecule has 0 fully saturated rings. The lowest BCUT2D eigenvalue weighted by atomic mass is 9.90. The Morgan fingerprint density at radius 1 is 0.897 bits per heavy atom. The highest BCUT2D eigenvalue weighted by atomic mass is 35.5. The number of sulfonamides is 2. The van der Waals surface area contributed by atoms with Crippen molar-refractivity contribution in [3.63, 3.8) is 0 Å². The number of halogens is 1. The number of aromatic amines is 1. The molecule has 0 saturated carbocycles. The molecule has 1 aromatic heterocycles. The van der Waals surface area contributed by atoms with Crippen LogP contribution in [0.3, 0.4) is 0 Å². The van der Waals surface area contributed by atoms with Gasteiger partial charge < -0.3 is 4.98 Å². The second-order valence-corrected chi connectivity index (χ2v) is 14.5. The number of rotatable bonds is 14. The highest BCUT2D eigenvalue weighted by Crippen LogP contribution is 2.28. The Hall–Kier alpha value is -2.40. The molecule has 3 N–H and O–H groups in total. The van der Waals surface area contributed by atoms with Gasteiger partial charge in [-0.1, -0.05) is 64.6 Å². The number of hydrogen-bond donors (Lipinski definition) is 3. The first-order valence-corrected chi connectivity index (χ1v) is 16.6. The average Bonchev–Trinajstić information content (AvgIpc) is 3.35. The predicted molar refractivity (Wildman–Crippen MR) is 157 cm³/mol. The first-order chi connectivity index (χ1) is 18.3. The number of nitrogens with zero attached hydrogens (tertiary/aromatic N) is 1. The molecular formula is C28H39ClN4O4S2. The molecule has 0 amide bonds. The lowest BCUT2D eigenvalue weighted by molar-refractivity contribution is 0.559. The zero-order valence-electron chi connectivity index (χ0n) is 23.1. The number of aromatic nitrogens is 2. The lowest BCUT2D eigenvalue weighted by Crippen LogP contribution is -2.27. The van der Waals surface area contributed by atoms with E-state index in [2.05, 4.69) is 47.1 Å². The fourth-order valence-electron chi connectivity index (χ4n) is 4.30. The van der Waals surface area contributed by atoms with Crippen molar-refractivity contribution >= 4 is 37.3 Å². The van der Waals surface area contributed by atoms with Crippen LogP contribution in [0.1, 0.15) is 76.8 Å². The van der Waals surface area contributed by atoms with Crippen LogP contribution in [0.2, 0.25) is 5.02 Å². The Kier molecular flexibility index (Phi) is 10.6. The maximum atomic E-state index is 13.5. The van der Waals surface area contributed by atoms with E-state index in [0.29, 0.717) is 24.3 Å². The van der Waals surface area contributed by atoms with Crippen LogP contribution in [-0.2, 0) is 38.3 Å². The molecule has 0 atom stereocenters. The van der Waals surface area contributed by atoms with Gasteiger partial charge in [-0.2, -0.15) is 0 Å². The molecule has 214 valence electrons. The Labute approximate surface area is 238 Å². The first-order valence-electron chi connectivity index (χ1n) is 13.3. The summed E-state index contributed by atoms with van der Waals surface area (Å²) < 4.78 is 58.1. The minimum Gasteiger partial charge on any atom is -0.348 e. The van der Waals surface area contributed by atoms with E-state index in [0.717, 1.165) is 42.6 Å². The molecule has 39 heavy (non-hydrogen) atoms. The summed E-state index contributed by atoms with van der Waals surface area (Å²) >= 11 is 5.90. The molecule has 0 bridgehead atoms.